The third kappa shape index (κ3) is 4.48. The number of aryl methyl sites for hydroxylation is 1. The van der Waals surface area contributed by atoms with Gasteiger partial charge in [-0.25, -0.2) is 9.78 Å². The van der Waals surface area contributed by atoms with E-state index in [4.69, 9.17) is 21.1 Å². The van der Waals surface area contributed by atoms with Crippen molar-refractivity contribution in [1.29, 1.82) is 0 Å². The number of aromatic nitrogens is 1. The molecule has 1 aromatic heterocycles. The highest BCUT2D eigenvalue weighted by Gasteiger charge is 2.48. The van der Waals surface area contributed by atoms with Gasteiger partial charge in [0.2, 0.25) is 0 Å². The van der Waals surface area contributed by atoms with Crippen LogP contribution >= 0.6 is 22.9 Å². The second kappa shape index (κ2) is 10.1. The van der Waals surface area contributed by atoms with Crippen LogP contribution in [0, 0.1) is 6.92 Å². The molecule has 0 spiro atoms. The average Bonchev–Trinajstić information content (AvgIpc) is 3.54. The van der Waals surface area contributed by atoms with Gasteiger partial charge in [0.05, 0.1) is 17.3 Å². The maximum absolute atomic E-state index is 13.4. The van der Waals surface area contributed by atoms with E-state index in [1.54, 1.807) is 49.4 Å². The first-order valence-corrected chi connectivity index (χ1v) is 13.0. The molecule has 3 aromatic rings. The molecule has 1 saturated heterocycles. The number of carbonyl (C=O) groups excluding carboxylic acids is 3. The molecule has 1 fully saturated rings. The molecule has 0 bridgehead atoms. The van der Waals surface area contributed by atoms with Gasteiger partial charge in [-0.05, 0) is 55.3 Å². The first-order chi connectivity index (χ1) is 18.2. The van der Waals surface area contributed by atoms with Crippen LogP contribution in [-0.2, 0) is 20.7 Å². The number of aliphatic hydroxyl groups is 1. The number of ketones is 1. The molecule has 0 radical (unpaired) electrons. The average molecular weight is 551 g/mol. The molecular weight excluding hydrogens is 528 g/mol. The number of anilines is 1. The lowest BCUT2D eigenvalue weighted by Crippen LogP contribution is -2.29. The number of hydrogen-bond acceptors (Lipinski definition) is 8. The van der Waals surface area contributed by atoms with Gasteiger partial charge in [-0.15, -0.1) is 0 Å². The number of amides is 1. The summed E-state index contributed by atoms with van der Waals surface area (Å²) in [5.41, 5.74) is 2.02. The van der Waals surface area contributed by atoms with Crippen LogP contribution < -0.4 is 9.64 Å². The van der Waals surface area contributed by atoms with Gasteiger partial charge in [-0.2, -0.15) is 0 Å². The van der Waals surface area contributed by atoms with E-state index < -0.39 is 23.7 Å². The fourth-order valence-corrected chi connectivity index (χ4v) is 5.81. The maximum atomic E-state index is 13.4. The predicted molar refractivity (Wildman–Crippen MR) is 144 cm³/mol. The molecular formula is C28H23ClN2O6S. The summed E-state index contributed by atoms with van der Waals surface area (Å²) in [4.78, 5) is 45.2. The largest absolute Gasteiger partial charge is 0.507 e. The number of aliphatic hydroxyl groups excluding tert-OH is 1. The van der Waals surface area contributed by atoms with E-state index in [9.17, 15) is 19.5 Å². The minimum atomic E-state index is -1.03. The summed E-state index contributed by atoms with van der Waals surface area (Å²) in [5, 5.41) is 11.9. The van der Waals surface area contributed by atoms with Crippen molar-refractivity contribution in [2.24, 2.45) is 0 Å². The van der Waals surface area contributed by atoms with Crippen LogP contribution in [0.3, 0.4) is 0 Å². The molecule has 1 amide bonds. The molecule has 3 heterocycles. The van der Waals surface area contributed by atoms with Crippen molar-refractivity contribution in [3.8, 4) is 5.75 Å². The third-order valence-corrected chi connectivity index (χ3v) is 7.66. The van der Waals surface area contributed by atoms with Crippen LogP contribution in [0.5, 0.6) is 5.75 Å². The van der Waals surface area contributed by atoms with Crippen LogP contribution in [0.25, 0.3) is 5.76 Å². The molecule has 2 aliphatic heterocycles. The van der Waals surface area contributed by atoms with E-state index >= 15 is 0 Å². The molecule has 2 aliphatic rings. The molecule has 2 atom stereocenters. The number of carbonyl (C=O) groups is 3. The Bertz CT molecular complexity index is 1530. The first-order valence-electron chi connectivity index (χ1n) is 11.8. The summed E-state index contributed by atoms with van der Waals surface area (Å²) in [7, 11) is 0. The summed E-state index contributed by atoms with van der Waals surface area (Å²) in [6.45, 7) is 7.11. The molecule has 1 N–H and O–H groups in total. The molecule has 10 heteroatoms. The molecule has 2 aromatic carbocycles. The Labute approximate surface area is 227 Å². The fraction of sp³-hybridized carbons (Fsp3) is 0.214. The molecule has 8 nitrogen and oxygen atoms in total. The third-order valence-electron chi connectivity index (χ3n) is 6.29. The minimum absolute atomic E-state index is 0.0000508. The molecule has 194 valence electrons. The van der Waals surface area contributed by atoms with Crippen molar-refractivity contribution < 1.29 is 29.0 Å². The van der Waals surface area contributed by atoms with Crippen molar-refractivity contribution in [2.45, 2.75) is 32.4 Å². The number of rotatable bonds is 6. The zero-order chi connectivity index (χ0) is 27.1. The van der Waals surface area contributed by atoms with E-state index in [2.05, 4.69) is 11.6 Å². The zero-order valence-corrected chi connectivity index (χ0v) is 22.1. The first kappa shape index (κ1) is 25.7. The highest BCUT2D eigenvalue weighted by molar-refractivity contribution is 7.17. The summed E-state index contributed by atoms with van der Waals surface area (Å²) >= 11 is 7.20. The highest BCUT2D eigenvalue weighted by Crippen LogP contribution is 2.45. The lowest BCUT2D eigenvalue weighted by Gasteiger charge is -2.23. The normalized spacial score (nSPS) is 19.8. The molecule has 5 rings (SSSR count). The quantitative estimate of drug-likeness (QED) is 0.144. The number of thiazole rings is 1. The second-order valence-electron chi connectivity index (χ2n) is 8.98. The van der Waals surface area contributed by atoms with Crippen molar-refractivity contribution in [2.75, 3.05) is 11.5 Å². The van der Waals surface area contributed by atoms with Gasteiger partial charge in [0.1, 0.15) is 29.1 Å². The minimum Gasteiger partial charge on any atom is -0.507 e. The SMILES string of the molecule is C=CCOC(=O)c1sc(N2C(=O)C(=O)/C(=C(/O)c3ccc4c(c3)C[C@H](C)O4)[C@H]2c2cccc(Cl)c2)nc1C. The number of hydrogen-bond donors (Lipinski definition) is 1. The van der Waals surface area contributed by atoms with Gasteiger partial charge < -0.3 is 14.6 Å². The summed E-state index contributed by atoms with van der Waals surface area (Å²) < 4.78 is 10.9. The van der Waals surface area contributed by atoms with Crippen LogP contribution in [0.1, 0.15) is 45.0 Å². The van der Waals surface area contributed by atoms with Crippen molar-refractivity contribution in [1.82, 2.24) is 4.98 Å². The van der Waals surface area contributed by atoms with Crippen LogP contribution in [-0.4, -0.2) is 40.5 Å². The predicted octanol–water partition coefficient (Wildman–Crippen LogP) is 5.40. The topological polar surface area (TPSA) is 106 Å². The van der Waals surface area contributed by atoms with Gasteiger partial charge >= 0.3 is 11.9 Å². The Hall–Kier alpha value is -3.95. The Balaban J connectivity index is 1.65. The van der Waals surface area contributed by atoms with E-state index in [0.29, 0.717) is 28.3 Å². The highest BCUT2D eigenvalue weighted by atomic mass is 35.5. The van der Waals surface area contributed by atoms with Crippen molar-refractivity contribution >= 4 is 51.5 Å². The van der Waals surface area contributed by atoms with E-state index in [1.165, 1.54) is 11.0 Å². The van der Waals surface area contributed by atoms with Gasteiger partial charge in [-0.1, -0.05) is 47.7 Å². The van der Waals surface area contributed by atoms with E-state index in [0.717, 1.165) is 22.6 Å². The van der Waals surface area contributed by atoms with Gasteiger partial charge in [0, 0.05) is 17.0 Å². The monoisotopic (exact) mass is 550 g/mol. The summed E-state index contributed by atoms with van der Waals surface area (Å²) in [6, 6.07) is 10.8. The number of nitrogens with zero attached hydrogens (tertiary/aromatic N) is 2. The molecule has 38 heavy (non-hydrogen) atoms. The van der Waals surface area contributed by atoms with Gasteiger partial charge in [-0.3, -0.25) is 14.5 Å². The van der Waals surface area contributed by atoms with Gasteiger partial charge in [0.15, 0.2) is 5.13 Å². The zero-order valence-electron chi connectivity index (χ0n) is 20.6. The molecule has 0 aliphatic carbocycles. The number of esters is 1. The number of fused-ring (bicyclic) bond motifs is 1. The van der Waals surface area contributed by atoms with Crippen LogP contribution in [0.4, 0.5) is 5.13 Å². The second-order valence-corrected chi connectivity index (χ2v) is 10.4. The van der Waals surface area contributed by atoms with Gasteiger partial charge in [0.25, 0.3) is 5.78 Å². The standard InChI is InChI=1S/C28H23ClN2O6S/c1-4-10-36-27(35)25-15(3)30-28(38-25)31-22(16-6-5-7-19(29)13-16)21(24(33)26(31)34)23(32)17-8-9-20-18(12-17)11-14(2)37-20/h4-9,12-14,22,32H,1,10-11H2,2-3H3/b23-21+/t14-,22+/m0/s1. The lowest BCUT2D eigenvalue weighted by atomic mass is 9.94. The van der Waals surface area contributed by atoms with E-state index in [1.807, 2.05) is 6.92 Å². The van der Waals surface area contributed by atoms with Crippen LogP contribution in [0.15, 0.2) is 60.7 Å². The van der Waals surface area contributed by atoms with Crippen LogP contribution in [0.2, 0.25) is 5.02 Å². The Morgan fingerprint density at radius 1 is 1.32 bits per heavy atom. The number of benzene rings is 2. The fourth-order valence-electron chi connectivity index (χ4n) is 4.62. The summed E-state index contributed by atoms with van der Waals surface area (Å²) in [6.07, 6.45) is 2.10. The maximum Gasteiger partial charge on any atom is 0.350 e. The Morgan fingerprint density at radius 3 is 2.84 bits per heavy atom. The molecule has 0 unspecified atom stereocenters. The smallest absolute Gasteiger partial charge is 0.350 e. The van der Waals surface area contributed by atoms with E-state index in [-0.39, 0.29) is 34.1 Å². The van der Waals surface area contributed by atoms with Crippen molar-refractivity contribution in [3.63, 3.8) is 0 Å². The Morgan fingerprint density at radius 2 is 2.11 bits per heavy atom. The number of ether oxygens (including phenoxy) is 2. The lowest BCUT2D eigenvalue weighted by molar-refractivity contribution is -0.132. The summed E-state index contributed by atoms with van der Waals surface area (Å²) in [5.74, 6) is -1.97. The molecule has 0 saturated carbocycles. The number of Topliss-reactive ketones (excluding diaryl/α,β-unsaturated/α-hetero) is 1. The number of halogens is 1. The Kier molecular flexibility index (Phi) is 6.81. The van der Waals surface area contributed by atoms with Crippen molar-refractivity contribution in [3.05, 3.63) is 93.0 Å².